The highest BCUT2D eigenvalue weighted by Crippen LogP contribution is 2.29. The molecule has 1 aliphatic rings. The molecule has 8 heteroatoms. The molecular weight excluding hydrogens is 318 g/mol. The molecule has 1 aliphatic heterocycles. The minimum Gasteiger partial charge on any atom is -0.465 e. The number of carbonyl (C=O) groups is 2. The summed E-state index contributed by atoms with van der Waals surface area (Å²) in [5, 5.41) is 0.104. The van der Waals surface area contributed by atoms with Gasteiger partial charge in [-0.3, -0.25) is 0 Å². The summed E-state index contributed by atoms with van der Waals surface area (Å²) in [5.41, 5.74) is -0.281. The fraction of sp³-hybridized carbons (Fsp3) is 0.438. The quantitative estimate of drug-likeness (QED) is 0.790. The Morgan fingerprint density at radius 3 is 2.54 bits per heavy atom. The number of hydrogen-bond donors (Lipinski definition) is 0. The third-order valence-corrected chi connectivity index (χ3v) is 3.98. The molecule has 1 unspecified atom stereocenters. The van der Waals surface area contributed by atoms with Crippen LogP contribution in [-0.2, 0) is 14.2 Å². The van der Waals surface area contributed by atoms with E-state index in [4.69, 9.17) is 14.0 Å². The minimum absolute atomic E-state index is 0.0513. The lowest BCUT2D eigenvalue weighted by Gasteiger charge is -2.23. The van der Waals surface area contributed by atoms with Gasteiger partial charge < -0.3 is 18.7 Å². The first kappa shape index (κ1) is 16.3. The Labute approximate surface area is 136 Å². The minimum atomic E-state index is -0.684. The van der Waals surface area contributed by atoms with E-state index in [-0.39, 0.29) is 22.0 Å². The number of nitrogens with zero attached hydrogens (tertiary/aromatic N) is 1. The first-order chi connectivity index (χ1) is 11.6. The number of rotatable bonds is 3. The topological polar surface area (TPSA) is 97.0 Å². The highest BCUT2D eigenvalue weighted by atomic mass is 16.6. The summed E-state index contributed by atoms with van der Waals surface area (Å²) in [7, 11) is 2.44. The maximum absolute atomic E-state index is 12.2. The highest BCUT2D eigenvalue weighted by Gasteiger charge is 2.27. The SMILES string of the molecule is COC(=O)c1cc(C(=O)OC)c2c(c1)c(=O)on2C1CCCCO1. The van der Waals surface area contributed by atoms with Crippen molar-refractivity contribution >= 4 is 22.8 Å². The van der Waals surface area contributed by atoms with Gasteiger partial charge in [0, 0.05) is 6.61 Å². The van der Waals surface area contributed by atoms with Crippen molar-refractivity contribution in [2.75, 3.05) is 20.8 Å². The molecule has 8 nitrogen and oxygen atoms in total. The van der Waals surface area contributed by atoms with Crippen molar-refractivity contribution < 1.29 is 28.3 Å². The van der Waals surface area contributed by atoms with Gasteiger partial charge in [-0.1, -0.05) is 0 Å². The molecule has 1 aromatic heterocycles. The third kappa shape index (κ3) is 2.69. The summed E-state index contributed by atoms with van der Waals surface area (Å²) < 4.78 is 21.7. The van der Waals surface area contributed by atoms with Crippen LogP contribution in [0.2, 0.25) is 0 Å². The second kappa shape index (κ2) is 6.48. The number of hydrogen-bond acceptors (Lipinski definition) is 7. The van der Waals surface area contributed by atoms with Crippen LogP contribution < -0.4 is 5.63 Å². The molecule has 0 amide bonds. The van der Waals surface area contributed by atoms with Gasteiger partial charge in [-0.2, -0.15) is 4.74 Å². The van der Waals surface area contributed by atoms with Crippen LogP contribution in [0.3, 0.4) is 0 Å². The van der Waals surface area contributed by atoms with Crippen LogP contribution >= 0.6 is 0 Å². The second-order valence-electron chi connectivity index (χ2n) is 5.43. The van der Waals surface area contributed by atoms with E-state index in [1.54, 1.807) is 0 Å². The summed E-state index contributed by atoms with van der Waals surface area (Å²) >= 11 is 0. The van der Waals surface area contributed by atoms with Crippen molar-refractivity contribution in [1.29, 1.82) is 0 Å². The van der Waals surface area contributed by atoms with Gasteiger partial charge >= 0.3 is 17.6 Å². The molecule has 0 aliphatic carbocycles. The zero-order chi connectivity index (χ0) is 17.3. The number of carbonyl (C=O) groups excluding carboxylic acids is 2. The van der Waals surface area contributed by atoms with E-state index >= 15 is 0 Å². The molecule has 3 rings (SSSR count). The van der Waals surface area contributed by atoms with Gasteiger partial charge in [-0.05, 0) is 31.4 Å². The van der Waals surface area contributed by atoms with Gasteiger partial charge in [0.2, 0.25) is 0 Å². The lowest BCUT2D eigenvalue weighted by molar-refractivity contribution is -0.0711. The van der Waals surface area contributed by atoms with Crippen molar-refractivity contribution in [3.8, 4) is 0 Å². The zero-order valence-electron chi connectivity index (χ0n) is 13.4. The fourth-order valence-electron chi connectivity index (χ4n) is 2.82. The van der Waals surface area contributed by atoms with Crippen molar-refractivity contribution in [3.63, 3.8) is 0 Å². The first-order valence-electron chi connectivity index (χ1n) is 7.54. The Balaban J connectivity index is 2.26. The normalized spacial score (nSPS) is 17.7. The molecule has 2 heterocycles. The lowest BCUT2D eigenvalue weighted by Crippen LogP contribution is -2.19. The van der Waals surface area contributed by atoms with Gasteiger partial charge in [-0.25, -0.2) is 14.4 Å². The largest absolute Gasteiger partial charge is 0.465 e. The monoisotopic (exact) mass is 335 g/mol. The summed E-state index contributed by atoms with van der Waals surface area (Å²) in [4.78, 5) is 36.2. The van der Waals surface area contributed by atoms with Crippen LogP contribution in [0.5, 0.6) is 0 Å². The maximum atomic E-state index is 12.2. The number of fused-ring (bicyclic) bond motifs is 1. The molecule has 1 fully saturated rings. The van der Waals surface area contributed by atoms with E-state index in [1.165, 1.54) is 31.1 Å². The van der Waals surface area contributed by atoms with E-state index in [1.807, 2.05) is 0 Å². The van der Waals surface area contributed by atoms with E-state index in [2.05, 4.69) is 4.74 Å². The maximum Gasteiger partial charge on any atom is 0.365 e. The number of ether oxygens (including phenoxy) is 3. The van der Waals surface area contributed by atoms with Gasteiger partial charge in [0.25, 0.3) is 0 Å². The molecule has 1 saturated heterocycles. The smallest absolute Gasteiger partial charge is 0.365 e. The average Bonchev–Trinajstić information content (AvgIpc) is 2.97. The van der Waals surface area contributed by atoms with Crippen molar-refractivity contribution in [2.24, 2.45) is 0 Å². The summed E-state index contributed by atoms with van der Waals surface area (Å²) in [6.45, 7) is 0.544. The second-order valence-corrected chi connectivity index (χ2v) is 5.43. The highest BCUT2D eigenvalue weighted by molar-refractivity contribution is 6.06. The molecule has 1 aromatic carbocycles. The van der Waals surface area contributed by atoms with E-state index < -0.39 is 23.8 Å². The average molecular weight is 335 g/mol. The number of methoxy groups -OCH3 is 2. The number of aromatic nitrogens is 1. The molecule has 0 radical (unpaired) electrons. The van der Waals surface area contributed by atoms with Crippen molar-refractivity contribution in [3.05, 3.63) is 33.7 Å². The summed E-state index contributed by atoms with van der Waals surface area (Å²) in [6.07, 6.45) is 2.03. The Morgan fingerprint density at radius 2 is 1.92 bits per heavy atom. The zero-order valence-corrected chi connectivity index (χ0v) is 13.4. The Kier molecular flexibility index (Phi) is 4.39. The predicted octanol–water partition coefficient (Wildman–Crippen LogP) is 1.87. The Hall–Kier alpha value is -2.61. The van der Waals surface area contributed by atoms with Gasteiger partial charge in [0.1, 0.15) is 5.52 Å². The van der Waals surface area contributed by atoms with Crippen LogP contribution in [-0.4, -0.2) is 37.5 Å². The third-order valence-electron chi connectivity index (χ3n) is 3.98. The summed E-state index contributed by atoms with van der Waals surface area (Å²) in [5.74, 6) is -1.35. The van der Waals surface area contributed by atoms with E-state index in [0.717, 1.165) is 12.8 Å². The van der Waals surface area contributed by atoms with Crippen molar-refractivity contribution in [1.82, 2.24) is 4.74 Å². The Bertz CT molecular complexity index is 842. The van der Waals surface area contributed by atoms with Crippen LogP contribution in [0, 0.1) is 0 Å². The molecule has 2 aromatic rings. The van der Waals surface area contributed by atoms with Crippen LogP contribution in [0.15, 0.2) is 21.5 Å². The fourth-order valence-corrected chi connectivity index (χ4v) is 2.82. The lowest BCUT2D eigenvalue weighted by atomic mass is 10.1. The van der Waals surface area contributed by atoms with Gasteiger partial charge in [0.15, 0.2) is 6.23 Å². The number of esters is 2. The molecule has 24 heavy (non-hydrogen) atoms. The van der Waals surface area contributed by atoms with E-state index in [0.29, 0.717) is 13.0 Å². The Morgan fingerprint density at radius 1 is 1.17 bits per heavy atom. The van der Waals surface area contributed by atoms with Gasteiger partial charge in [0.05, 0.1) is 30.7 Å². The van der Waals surface area contributed by atoms with Crippen LogP contribution in [0.4, 0.5) is 0 Å². The molecule has 0 saturated carbocycles. The molecule has 1 atom stereocenters. The molecule has 0 N–H and O–H groups in total. The molecule has 128 valence electrons. The molecule has 0 spiro atoms. The first-order valence-corrected chi connectivity index (χ1v) is 7.54. The van der Waals surface area contributed by atoms with Crippen LogP contribution in [0.1, 0.15) is 46.2 Å². The molecule has 0 bridgehead atoms. The van der Waals surface area contributed by atoms with E-state index in [9.17, 15) is 14.4 Å². The van der Waals surface area contributed by atoms with Crippen LogP contribution in [0.25, 0.3) is 10.9 Å². The standard InChI is InChI=1S/C16H17NO7/c1-21-14(18)9-7-10(15(19)22-2)13-11(8-9)16(20)24-17(13)12-5-3-4-6-23-12/h7-8,12H,3-6H2,1-2H3. The molecular formula is C16H17NO7. The summed E-state index contributed by atoms with van der Waals surface area (Å²) in [6, 6.07) is 2.67. The van der Waals surface area contributed by atoms with Crippen molar-refractivity contribution in [2.45, 2.75) is 25.5 Å². The predicted molar refractivity (Wildman–Crippen MR) is 82.0 cm³/mol. The number of benzene rings is 1. The van der Waals surface area contributed by atoms with Gasteiger partial charge in [-0.15, -0.1) is 0 Å².